The molecule has 6 heterocycles. The van der Waals surface area contributed by atoms with Crippen LogP contribution in [-0.2, 0) is 4.74 Å². The molecule has 4 aromatic rings. The van der Waals surface area contributed by atoms with Gasteiger partial charge in [-0.2, -0.15) is 9.97 Å². The van der Waals surface area contributed by atoms with E-state index >= 15 is 4.39 Å². The van der Waals surface area contributed by atoms with Gasteiger partial charge in [0.05, 0.1) is 23.0 Å². The Morgan fingerprint density at radius 1 is 1.06 bits per heavy atom. The van der Waals surface area contributed by atoms with Crippen LogP contribution in [0, 0.1) is 18.2 Å². The number of halogens is 1. The molecule has 1 amide bonds. The van der Waals surface area contributed by atoms with Crippen LogP contribution in [-0.4, -0.2) is 86.9 Å². The third-order valence-corrected chi connectivity index (χ3v) is 10.6. The quantitative estimate of drug-likeness (QED) is 0.225. The van der Waals surface area contributed by atoms with Gasteiger partial charge in [-0.05, 0) is 83.8 Å². The van der Waals surface area contributed by atoms with Gasteiger partial charge in [0.2, 0.25) is 0 Å². The van der Waals surface area contributed by atoms with Gasteiger partial charge in [-0.3, -0.25) is 14.8 Å². The summed E-state index contributed by atoms with van der Waals surface area (Å²) in [5, 5.41) is 2.19. The molecule has 2 bridgehead atoms. The van der Waals surface area contributed by atoms with Crippen LogP contribution in [0.1, 0.15) is 64.9 Å². The standard InChI is InChI=1S/C38H41FN6O3/c1-5-24-10-6-11-25-12-7-13-28(30(24)25)32-31(39)33-29(20-40-32)34(42-35(41-33)47-23-38-16-8-18-44(38)19-9-17-38)43-21-26-14-15-27(22-43)45(26)36(46)48-37(2,3)4/h1,6-7,10-13,20,26-27H,8-9,14-19,21-23H2,2-4H3/t26-,27+. The average Bonchev–Trinajstić information content (AvgIpc) is 3.73. The SMILES string of the molecule is C#Cc1cccc2cccc(-c3ncc4c(N5C[C@H]6CC[C@@H](C5)N6C(=O)OC(C)(C)C)nc(OCC56CCCN5CCC6)nc4c3F)c12. The number of hydrogen-bond acceptors (Lipinski definition) is 8. The maximum absolute atomic E-state index is 16.9. The number of pyridine rings is 1. The highest BCUT2D eigenvalue weighted by molar-refractivity contribution is 6.02. The second-order valence-corrected chi connectivity index (χ2v) is 14.8. The molecule has 0 saturated carbocycles. The summed E-state index contributed by atoms with van der Waals surface area (Å²) < 4.78 is 29.1. The molecule has 0 unspecified atom stereocenters. The van der Waals surface area contributed by atoms with Crippen LogP contribution in [0.3, 0.4) is 0 Å². The topological polar surface area (TPSA) is 83.9 Å². The number of anilines is 1. The van der Waals surface area contributed by atoms with Gasteiger partial charge >= 0.3 is 12.1 Å². The van der Waals surface area contributed by atoms with Gasteiger partial charge in [0.25, 0.3) is 0 Å². The zero-order chi connectivity index (χ0) is 33.2. The van der Waals surface area contributed by atoms with Crippen molar-refractivity contribution < 1.29 is 18.7 Å². The van der Waals surface area contributed by atoms with Gasteiger partial charge < -0.3 is 14.4 Å². The first-order chi connectivity index (χ1) is 23.1. The molecule has 2 atom stereocenters. The van der Waals surface area contributed by atoms with Gasteiger partial charge in [0, 0.05) is 35.8 Å². The Morgan fingerprint density at radius 3 is 2.46 bits per heavy atom. The fourth-order valence-corrected chi connectivity index (χ4v) is 8.52. The van der Waals surface area contributed by atoms with E-state index in [2.05, 4.69) is 15.7 Å². The molecule has 0 spiro atoms. The minimum absolute atomic E-state index is 0.0207. The number of nitrogens with zero attached hydrogens (tertiary/aromatic N) is 6. The molecule has 48 heavy (non-hydrogen) atoms. The molecule has 0 aliphatic carbocycles. The number of amides is 1. The molecule has 248 valence electrons. The van der Waals surface area contributed by atoms with E-state index in [4.69, 9.17) is 30.8 Å². The molecule has 8 rings (SSSR count). The second kappa shape index (κ2) is 11.6. The summed E-state index contributed by atoms with van der Waals surface area (Å²) in [5.41, 5.74) is 1.02. The largest absolute Gasteiger partial charge is 0.461 e. The van der Waals surface area contributed by atoms with Crippen molar-refractivity contribution in [1.82, 2.24) is 24.8 Å². The molecular formula is C38H41FN6O3. The summed E-state index contributed by atoms with van der Waals surface area (Å²) in [4.78, 5) is 34.1. The first-order valence-corrected chi connectivity index (χ1v) is 17.1. The zero-order valence-corrected chi connectivity index (χ0v) is 27.8. The lowest BCUT2D eigenvalue weighted by Crippen LogP contribution is -2.57. The fourth-order valence-electron chi connectivity index (χ4n) is 8.52. The van der Waals surface area contributed by atoms with Gasteiger partial charge in [-0.25, -0.2) is 9.18 Å². The second-order valence-electron chi connectivity index (χ2n) is 14.8. The zero-order valence-electron chi connectivity index (χ0n) is 27.8. The third-order valence-electron chi connectivity index (χ3n) is 10.6. The van der Waals surface area contributed by atoms with Crippen LogP contribution in [0.25, 0.3) is 32.9 Å². The van der Waals surface area contributed by atoms with Crippen molar-refractivity contribution in [3.8, 4) is 29.6 Å². The Bertz CT molecular complexity index is 1940. The van der Waals surface area contributed by atoms with E-state index in [1.165, 1.54) is 0 Å². The molecule has 0 radical (unpaired) electrons. The van der Waals surface area contributed by atoms with Gasteiger partial charge in [-0.1, -0.05) is 36.3 Å². The predicted octanol–water partition coefficient (Wildman–Crippen LogP) is 6.56. The number of carbonyl (C=O) groups is 1. The summed E-state index contributed by atoms with van der Waals surface area (Å²) in [5.74, 6) is 2.78. The average molecular weight is 649 g/mol. The summed E-state index contributed by atoms with van der Waals surface area (Å²) in [6.07, 6.45) is 13.4. The van der Waals surface area contributed by atoms with E-state index in [1.54, 1.807) is 6.20 Å². The molecular weight excluding hydrogens is 607 g/mol. The Labute approximate surface area is 280 Å². The van der Waals surface area contributed by atoms with Crippen LogP contribution in [0.2, 0.25) is 0 Å². The van der Waals surface area contributed by atoms with Crippen molar-refractivity contribution in [2.75, 3.05) is 37.7 Å². The Kier molecular flexibility index (Phi) is 7.44. The number of aromatic nitrogens is 3. The molecule has 2 aromatic carbocycles. The first-order valence-electron chi connectivity index (χ1n) is 17.1. The van der Waals surface area contributed by atoms with Crippen molar-refractivity contribution in [2.45, 2.75) is 82.5 Å². The molecule has 4 fully saturated rings. The van der Waals surface area contributed by atoms with E-state index in [1.807, 2.05) is 62.1 Å². The highest BCUT2D eigenvalue weighted by Gasteiger charge is 2.46. The number of rotatable bonds is 5. The summed E-state index contributed by atoms with van der Waals surface area (Å²) in [7, 11) is 0. The number of carbonyl (C=O) groups excluding carboxylic acids is 1. The van der Waals surface area contributed by atoms with Crippen LogP contribution in [0.5, 0.6) is 6.01 Å². The van der Waals surface area contributed by atoms with Crippen molar-refractivity contribution in [2.24, 2.45) is 0 Å². The summed E-state index contributed by atoms with van der Waals surface area (Å²) >= 11 is 0. The lowest BCUT2D eigenvalue weighted by atomic mass is 9.95. The van der Waals surface area contributed by atoms with E-state index in [-0.39, 0.29) is 40.9 Å². The van der Waals surface area contributed by atoms with Crippen LogP contribution < -0.4 is 9.64 Å². The molecule has 4 saturated heterocycles. The van der Waals surface area contributed by atoms with Crippen molar-refractivity contribution in [3.63, 3.8) is 0 Å². The minimum atomic E-state index is -0.581. The van der Waals surface area contributed by atoms with E-state index in [0.29, 0.717) is 42.0 Å². The van der Waals surface area contributed by atoms with Crippen molar-refractivity contribution >= 4 is 33.6 Å². The van der Waals surface area contributed by atoms with Gasteiger partial charge in [0.1, 0.15) is 29.2 Å². The number of fused-ring (bicyclic) bond motifs is 5. The highest BCUT2D eigenvalue weighted by atomic mass is 19.1. The summed E-state index contributed by atoms with van der Waals surface area (Å²) in [6, 6.07) is 11.5. The number of hydrogen-bond donors (Lipinski definition) is 0. The number of benzene rings is 2. The van der Waals surface area contributed by atoms with E-state index in [9.17, 15) is 4.79 Å². The van der Waals surface area contributed by atoms with Gasteiger partial charge in [0.15, 0.2) is 5.82 Å². The van der Waals surface area contributed by atoms with Crippen LogP contribution >= 0.6 is 0 Å². The number of terminal acetylenes is 1. The van der Waals surface area contributed by atoms with Crippen LogP contribution in [0.15, 0.2) is 42.6 Å². The Hall–Kier alpha value is -4.49. The Morgan fingerprint density at radius 2 is 1.77 bits per heavy atom. The van der Waals surface area contributed by atoms with Crippen LogP contribution in [0.4, 0.5) is 15.0 Å². The monoisotopic (exact) mass is 648 g/mol. The molecule has 10 heteroatoms. The van der Waals surface area contributed by atoms with Gasteiger partial charge in [-0.15, -0.1) is 6.42 Å². The van der Waals surface area contributed by atoms with E-state index < -0.39 is 11.4 Å². The normalized spacial score (nSPS) is 21.9. The maximum Gasteiger partial charge on any atom is 0.410 e. The fraction of sp³-hybridized carbons (Fsp3) is 0.474. The molecule has 4 aliphatic rings. The third kappa shape index (κ3) is 5.20. The minimum Gasteiger partial charge on any atom is -0.461 e. The smallest absolute Gasteiger partial charge is 0.410 e. The lowest BCUT2D eigenvalue weighted by Gasteiger charge is -2.42. The number of ether oxygens (including phenoxy) is 2. The molecule has 4 aliphatic heterocycles. The molecule has 0 N–H and O–H groups in total. The van der Waals surface area contributed by atoms with Crippen molar-refractivity contribution in [3.05, 3.63) is 54.0 Å². The van der Waals surface area contributed by atoms with Crippen molar-refractivity contribution in [1.29, 1.82) is 0 Å². The van der Waals surface area contributed by atoms with E-state index in [0.717, 1.165) is 62.4 Å². The predicted molar refractivity (Wildman–Crippen MR) is 184 cm³/mol. The Balaban J connectivity index is 1.21. The maximum atomic E-state index is 16.9. The highest BCUT2D eigenvalue weighted by Crippen LogP contribution is 2.41. The first kappa shape index (κ1) is 30.8. The molecule has 2 aromatic heterocycles. The number of piperazine rings is 1. The molecule has 9 nitrogen and oxygen atoms in total. The lowest BCUT2D eigenvalue weighted by molar-refractivity contribution is 0.0122. The summed E-state index contributed by atoms with van der Waals surface area (Å²) in [6.45, 7) is 9.34.